The molecule has 21 heavy (non-hydrogen) atoms. The van der Waals surface area contributed by atoms with Gasteiger partial charge in [-0.1, -0.05) is 25.5 Å². The van der Waals surface area contributed by atoms with Crippen molar-refractivity contribution in [2.24, 2.45) is 0 Å². The number of hydrogen-bond acceptors (Lipinski definition) is 2. The summed E-state index contributed by atoms with van der Waals surface area (Å²) in [7, 11) is 0. The molecule has 0 unspecified atom stereocenters. The quantitative estimate of drug-likeness (QED) is 0.841. The molecular formula is C17H26N2O2. The molecule has 0 bridgehead atoms. The van der Waals surface area contributed by atoms with Crippen molar-refractivity contribution in [1.82, 2.24) is 10.6 Å². The minimum atomic E-state index is -0.115. The van der Waals surface area contributed by atoms with Crippen LogP contribution in [0.5, 0.6) is 5.75 Å². The molecule has 1 aromatic rings. The summed E-state index contributed by atoms with van der Waals surface area (Å²) in [6, 6.07) is 7.90. The first-order chi connectivity index (χ1) is 10.3. The van der Waals surface area contributed by atoms with Gasteiger partial charge in [0.2, 0.25) is 0 Å². The summed E-state index contributed by atoms with van der Waals surface area (Å²) in [6.07, 6.45) is 7.47. The molecule has 0 heterocycles. The Morgan fingerprint density at radius 1 is 1.24 bits per heavy atom. The molecule has 1 aromatic carbocycles. The van der Waals surface area contributed by atoms with Gasteiger partial charge in [0.05, 0.1) is 6.10 Å². The second-order valence-electron chi connectivity index (χ2n) is 5.63. The fourth-order valence-electron chi connectivity index (χ4n) is 2.59. The third-order valence-corrected chi connectivity index (χ3v) is 3.74. The summed E-state index contributed by atoms with van der Waals surface area (Å²) < 4.78 is 6.04. The maximum Gasteiger partial charge on any atom is 0.315 e. The van der Waals surface area contributed by atoms with Gasteiger partial charge in [0.1, 0.15) is 5.75 Å². The first kappa shape index (κ1) is 15.7. The van der Waals surface area contributed by atoms with E-state index in [1.807, 2.05) is 31.2 Å². The highest BCUT2D eigenvalue weighted by Crippen LogP contribution is 2.23. The van der Waals surface area contributed by atoms with E-state index in [1.165, 1.54) is 19.3 Å². The summed E-state index contributed by atoms with van der Waals surface area (Å²) in [5, 5.41) is 5.66. The Morgan fingerprint density at radius 2 is 2.05 bits per heavy atom. The zero-order valence-corrected chi connectivity index (χ0v) is 12.9. The normalized spacial score (nSPS) is 15.5. The number of urea groups is 1. The topological polar surface area (TPSA) is 50.4 Å². The Bertz CT molecular complexity index is 442. The highest BCUT2D eigenvalue weighted by molar-refractivity contribution is 5.73. The summed E-state index contributed by atoms with van der Waals surface area (Å²) in [5.74, 6) is 0.912. The second-order valence-corrected chi connectivity index (χ2v) is 5.63. The fourth-order valence-corrected chi connectivity index (χ4v) is 2.59. The van der Waals surface area contributed by atoms with Crippen LogP contribution in [0.1, 0.15) is 51.0 Å². The van der Waals surface area contributed by atoms with E-state index in [0.29, 0.717) is 19.2 Å². The minimum absolute atomic E-state index is 0.115. The monoisotopic (exact) mass is 290 g/mol. The van der Waals surface area contributed by atoms with Gasteiger partial charge in [0.15, 0.2) is 0 Å². The van der Waals surface area contributed by atoms with Gasteiger partial charge >= 0.3 is 6.03 Å². The van der Waals surface area contributed by atoms with Gasteiger partial charge in [-0.3, -0.25) is 0 Å². The number of carbonyl (C=O) groups is 1. The van der Waals surface area contributed by atoms with Crippen molar-refractivity contribution in [2.45, 2.75) is 58.1 Å². The maximum absolute atomic E-state index is 11.5. The largest absolute Gasteiger partial charge is 0.490 e. The first-order valence-corrected chi connectivity index (χ1v) is 8.05. The van der Waals surface area contributed by atoms with E-state index in [-0.39, 0.29) is 6.03 Å². The van der Waals surface area contributed by atoms with Crippen LogP contribution in [0.4, 0.5) is 4.79 Å². The van der Waals surface area contributed by atoms with Gasteiger partial charge in [-0.25, -0.2) is 4.79 Å². The number of carbonyl (C=O) groups excluding carboxylic acids is 1. The van der Waals surface area contributed by atoms with E-state index in [2.05, 4.69) is 10.6 Å². The number of hydrogen-bond donors (Lipinski definition) is 2. The first-order valence-electron chi connectivity index (χ1n) is 8.05. The Labute approximate surface area is 127 Å². The highest BCUT2D eigenvalue weighted by atomic mass is 16.5. The molecule has 1 fully saturated rings. The Morgan fingerprint density at radius 3 is 2.81 bits per heavy atom. The van der Waals surface area contributed by atoms with Crippen LogP contribution in [-0.2, 0) is 6.54 Å². The van der Waals surface area contributed by atoms with Crippen molar-refractivity contribution in [3.8, 4) is 5.75 Å². The lowest BCUT2D eigenvalue weighted by molar-refractivity contribution is 0.155. The molecular weight excluding hydrogens is 264 g/mol. The standard InChI is InChI=1S/C17H26N2O2/c1-2-11-18-17(20)19-13-14-7-6-10-16(12-14)21-15-8-4-3-5-9-15/h6-7,10,12,15H,2-5,8-9,11,13H2,1H3,(H2,18,19,20). The molecule has 116 valence electrons. The van der Waals surface area contributed by atoms with Crippen LogP contribution >= 0.6 is 0 Å². The predicted molar refractivity (Wildman–Crippen MR) is 84.5 cm³/mol. The van der Waals surface area contributed by atoms with Crippen LogP contribution in [0.2, 0.25) is 0 Å². The van der Waals surface area contributed by atoms with E-state index in [0.717, 1.165) is 30.6 Å². The Hall–Kier alpha value is -1.71. The van der Waals surface area contributed by atoms with Crippen molar-refractivity contribution < 1.29 is 9.53 Å². The second kappa shape index (κ2) is 8.55. The molecule has 1 saturated carbocycles. The average Bonchev–Trinajstić information content (AvgIpc) is 2.52. The lowest BCUT2D eigenvalue weighted by Gasteiger charge is -2.23. The van der Waals surface area contributed by atoms with E-state index >= 15 is 0 Å². The molecule has 2 amide bonds. The zero-order valence-electron chi connectivity index (χ0n) is 12.9. The van der Waals surface area contributed by atoms with Crippen LogP contribution in [0.15, 0.2) is 24.3 Å². The van der Waals surface area contributed by atoms with E-state index < -0.39 is 0 Å². The van der Waals surface area contributed by atoms with Gasteiger partial charge in [-0.2, -0.15) is 0 Å². The van der Waals surface area contributed by atoms with Gasteiger partial charge in [-0.15, -0.1) is 0 Å². The van der Waals surface area contributed by atoms with Gasteiger partial charge in [0, 0.05) is 13.1 Å². The van der Waals surface area contributed by atoms with Crippen LogP contribution in [-0.4, -0.2) is 18.7 Å². The number of rotatable bonds is 6. The van der Waals surface area contributed by atoms with Crippen molar-refractivity contribution >= 4 is 6.03 Å². The number of benzene rings is 1. The third kappa shape index (κ3) is 5.66. The van der Waals surface area contributed by atoms with Crippen molar-refractivity contribution in [3.05, 3.63) is 29.8 Å². The van der Waals surface area contributed by atoms with Crippen LogP contribution in [0.3, 0.4) is 0 Å². The molecule has 0 spiro atoms. The molecule has 0 aromatic heterocycles. The summed E-state index contributed by atoms with van der Waals surface area (Å²) in [4.78, 5) is 11.5. The van der Waals surface area contributed by atoms with E-state index in [1.54, 1.807) is 0 Å². The van der Waals surface area contributed by atoms with Crippen LogP contribution in [0.25, 0.3) is 0 Å². The van der Waals surface area contributed by atoms with Gasteiger partial charge in [0.25, 0.3) is 0 Å². The van der Waals surface area contributed by atoms with Crippen molar-refractivity contribution in [3.63, 3.8) is 0 Å². The summed E-state index contributed by atoms with van der Waals surface area (Å²) in [5.41, 5.74) is 1.06. The number of ether oxygens (including phenoxy) is 1. The molecule has 1 aliphatic rings. The molecule has 2 rings (SSSR count). The Kier molecular flexibility index (Phi) is 6.38. The molecule has 1 aliphatic carbocycles. The molecule has 0 aliphatic heterocycles. The molecule has 4 nitrogen and oxygen atoms in total. The van der Waals surface area contributed by atoms with Gasteiger partial charge in [-0.05, 0) is 49.8 Å². The predicted octanol–water partition coefficient (Wildman–Crippen LogP) is 3.61. The zero-order chi connectivity index (χ0) is 14.9. The summed E-state index contributed by atoms with van der Waals surface area (Å²) in [6.45, 7) is 3.26. The molecule has 0 atom stereocenters. The molecule has 4 heteroatoms. The maximum atomic E-state index is 11.5. The SMILES string of the molecule is CCCNC(=O)NCc1cccc(OC2CCCCC2)c1. The molecule has 0 saturated heterocycles. The fraction of sp³-hybridized carbons (Fsp3) is 0.588. The third-order valence-electron chi connectivity index (χ3n) is 3.74. The lowest BCUT2D eigenvalue weighted by atomic mass is 9.98. The minimum Gasteiger partial charge on any atom is -0.490 e. The van der Waals surface area contributed by atoms with Crippen molar-refractivity contribution in [1.29, 1.82) is 0 Å². The number of amides is 2. The summed E-state index contributed by atoms with van der Waals surface area (Å²) >= 11 is 0. The molecule has 0 radical (unpaired) electrons. The number of nitrogens with one attached hydrogen (secondary N) is 2. The smallest absolute Gasteiger partial charge is 0.315 e. The highest BCUT2D eigenvalue weighted by Gasteiger charge is 2.14. The Balaban J connectivity index is 1.81. The van der Waals surface area contributed by atoms with Crippen molar-refractivity contribution in [2.75, 3.05) is 6.54 Å². The molecule has 2 N–H and O–H groups in total. The average molecular weight is 290 g/mol. The van der Waals surface area contributed by atoms with Gasteiger partial charge < -0.3 is 15.4 Å². The van der Waals surface area contributed by atoms with E-state index in [9.17, 15) is 4.79 Å². The van der Waals surface area contributed by atoms with Crippen LogP contribution in [0, 0.1) is 0 Å². The lowest BCUT2D eigenvalue weighted by Crippen LogP contribution is -2.35. The van der Waals surface area contributed by atoms with E-state index in [4.69, 9.17) is 4.74 Å². The van der Waals surface area contributed by atoms with Crippen LogP contribution < -0.4 is 15.4 Å².